The zero-order valence-corrected chi connectivity index (χ0v) is 10.3. The van der Waals surface area contributed by atoms with E-state index in [1.54, 1.807) is 0 Å². The number of halogens is 1. The van der Waals surface area contributed by atoms with Gasteiger partial charge in [0.25, 0.3) is 5.91 Å². The minimum atomic E-state index is -1.12. The van der Waals surface area contributed by atoms with Gasteiger partial charge >= 0.3 is 5.97 Å². The summed E-state index contributed by atoms with van der Waals surface area (Å²) in [4.78, 5) is 26.0. The van der Waals surface area contributed by atoms with E-state index in [9.17, 15) is 9.59 Å². The number of aliphatic imine (C=N–C) groups is 1. The van der Waals surface area contributed by atoms with E-state index >= 15 is 0 Å². The average Bonchev–Trinajstić information content (AvgIpc) is 2.27. The highest BCUT2D eigenvalue weighted by atomic mass is 35.5. The van der Waals surface area contributed by atoms with Crippen LogP contribution in [0.25, 0.3) is 0 Å². The lowest BCUT2D eigenvalue weighted by Gasteiger charge is -2.05. The topological polar surface area (TPSA) is 131 Å². The molecule has 0 aromatic heterocycles. The van der Waals surface area contributed by atoms with Crippen LogP contribution in [0.2, 0.25) is 0 Å². The van der Waals surface area contributed by atoms with Gasteiger partial charge in [0.2, 0.25) is 0 Å². The molecule has 0 heterocycles. The number of hydrogen-bond acceptors (Lipinski definition) is 3. The highest BCUT2D eigenvalue weighted by molar-refractivity contribution is 6.01. The van der Waals surface area contributed by atoms with E-state index in [4.69, 9.17) is 16.6 Å². The Morgan fingerprint density at radius 3 is 2.39 bits per heavy atom. The van der Waals surface area contributed by atoms with Crippen molar-refractivity contribution in [3.63, 3.8) is 0 Å². The van der Waals surface area contributed by atoms with E-state index in [-0.39, 0.29) is 35.2 Å². The fraction of sp³-hybridized carbons (Fsp3) is 0.100. The van der Waals surface area contributed by atoms with Gasteiger partial charge in [-0.15, -0.1) is 12.4 Å². The highest BCUT2D eigenvalue weighted by Crippen LogP contribution is 2.21. The summed E-state index contributed by atoms with van der Waals surface area (Å²) in [6.45, 7) is 0. The number of aromatic carboxylic acids is 1. The molecule has 0 spiro atoms. The van der Waals surface area contributed by atoms with E-state index in [1.807, 2.05) is 0 Å². The van der Waals surface area contributed by atoms with Crippen molar-refractivity contribution in [2.75, 3.05) is 7.05 Å². The predicted octanol–water partition coefficient (Wildman–Crippen LogP) is 0.0711. The molecule has 0 saturated carbocycles. The zero-order chi connectivity index (χ0) is 13.0. The molecule has 0 radical (unpaired) electrons. The van der Waals surface area contributed by atoms with E-state index in [0.717, 1.165) is 0 Å². The van der Waals surface area contributed by atoms with Crippen LogP contribution in [0.3, 0.4) is 0 Å². The quantitative estimate of drug-likeness (QED) is 0.457. The fourth-order valence-electron chi connectivity index (χ4n) is 1.22. The Morgan fingerprint density at radius 2 is 1.94 bits per heavy atom. The molecule has 1 aromatic rings. The summed E-state index contributed by atoms with van der Waals surface area (Å²) in [5, 5.41) is 11.2. The summed E-state index contributed by atoms with van der Waals surface area (Å²) in [6, 6.07) is 3.88. The lowest BCUT2D eigenvalue weighted by Crippen LogP contribution is -2.23. The number of benzene rings is 1. The maximum atomic E-state index is 11.5. The van der Waals surface area contributed by atoms with Crippen LogP contribution < -0.4 is 16.8 Å². The van der Waals surface area contributed by atoms with Gasteiger partial charge < -0.3 is 21.9 Å². The van der Waals surface area contributed by atoms with Crippen molar-refractivity contribution < 1.29 is 14.7 Å². The van der Waals surface area contributed by atoms with Crippen LogP contribution in [0.1, 0.15) is 20.7 Å². The molecule has 18 heavy (non-hydrogen) atoms. The molecule has 7 nitrogen and oxygen atoms in total. The number of carboxylic acids is 1. The van der Waals surface area contributed by atoms with E-state index < -0.39 is 11.9 Å². The van der Waals surface area contributed by atoms with Gasteiger partial charge in [-0.1, -0.05) is 0 Å². The molecule has 1 rings (SSSR count). The Bertz CT molecular complexity index is 498. The summed E-state index contributed by atoms with van der Waals surface area (Å²) >= 11 is 0. The third-order valence-corrected chi connectivity index (χ3v) is 1.97. The molecular formula is C10H13ClN4O3. The van der Waals surface area contributed by atoms with Crippen molar-refractivity contribution in [3.05, 3.63) is 29.3 Å². The van der Waals surface area contributed by atoms with Crippen LogP contribution in [0, 0.1) is 0 Å². The standard InChI is InChI=1S/C10H12N4O3.ClH/c1-13-8(15)6-3-2-5(9(16)17)4-7(6)14-10(11)12;/h2-4H,1H3,(H,13,15)(H,16,17)(H4,11,12,14);1H. The van der Waals surface area contributed by atoms with E-state index in [0.29, 0.717) is 0 Å². The molecule has 0 saturated heterocycles. The normalized spacial score (nSPS) is 8.94. The van der Waals surface area contributed by atoms with Crippen molar-refractivity contribution in [1.29, 1.82) is 0 Å². The van der Waals surface area contributed by atoms with Crippen LogP contribution in [0.5, 0.6) is 0 Å². The zero-order valence-electron chi connectivity index (χ0n) is 9.51. The Kier molecular flexibility index (Phi) is 5.64. The van der Waals surface area contributed by atoms with Gasteiger partial charge in [-0.3, -0.25) is 4.79 Å². The van der Waals surface area contributed by atoms with Crippen LogP contribution in [0.15, 0.2) is 23.2 Å². The van der Waals surface area contributed by atoms with Gasteiger partial charge in [0.05, 0.1) is 16.8 Å². The molecule has 0 aliphatic rings. The molecule has 0 bridgehead atoms. The van der Waals surface area contributed by atoms with Gasteiger partial charge in [0.1, 0.15) is 0 Å². The van der Waals surface area contributed by atoms with Crippen molar-refractivity contribution in [2.24, 2.45) is 16.5 Å². The van der Waals surface area contributed by atoms with Gasteiger partial charge in [-0.2, -0.15) is 0 Å². The Hall–Kier alpha value is -2.28. The number of hydrogen-bond donors (Lipinski definition) is 4. The lowest BCUT2D eigenvalue weighted by atomic mass is 10.1. The molecule has 1 aromatic carbocycles. The molecule has 0 aliphatic heterocycles. The third kappa shape index (κ3) is 3.63. The monoisotopic (exact) mass is 272 g/mol. The summed E-state index contributed by atoms with van der Waals surface area (Å²) in [7, 11) is 1.45. The lowest BCUT2D eigenvalue weighted by molar-refractivity contribution is 0.0696. The molecule has 1 amide bonds. The smallest absolute Gasteiger partial charge is 0.335 e. The number of nitrogens with two attached hydrogens (primary N) is 2. The molecule has 0 aliphatic carbocycles. The number of nitrogens with zero attached hydrogens (tertiary/aromatic N) is 1. The number of nitrogens with one attached hydrogen (secondary N) is 1. The highest BCUT2D eigenvalue weighted by Gasteiger charge is 2.13. The van der Waals surface area contributed by atoms with E-state index in [1.165, 1.54) is 25.2 Å². The molecule has 0 unspecified atom stereocenters. The number of amides is 1. The average molecular weight is 273 g/mol. The minimum absolute atomic E-state index is 0. The number of carbonyl (C=O) groups excluding carboxylic acids is 1. The van der Waals surface area contributed by atoms with Crippen molar-refractivity contribution in [3.8, 4) is 0 Å². The van der Waals surface area contributed by atoms with Crippen molar-refractivity contribution in [1.82, 2.24) is 5.32 Å². The first kappa shape index (κ1) is 15.7. The van der Waals surface area contributed by atoms with Gasteiger partial charge in [-0.05, 0) is 18.2 Å². The second-order valence-corrected chi connectivity index (χ2v) is 3.15. The van der Waals surface area contributed by atoms with Gasteiger partial charge in [0, 0.05) is 7.05 Å². The molecular weight excluding hydrogens is 260 g/mol. The maximum Gasteiger partial charge on any atom is 0.335 e. The molecule has 8 heteroatoms. The number of guanidine groups is 1. The summed E-state index contributed by atoms with van der Waals surface area (Å²) in [5.41, 5.74) is 10.7. The molecule has 0 fully saturated rings. The predicted molar refractivity (Wildman–Crippen MR) is 69.5 cm³/mol. The number of carboxylic acid groups (broad SMARTS) is 1. The number of carbonyl (C=O) groups is 2. The first-order valence-electron chi connectivity index (χ1n) is 4.64. The maximum absolute atomic E-state index is 11.5. The SMILES string of the molecule is CNC(=O)c1ccc(C(=O)O)cc1N=C(N)N.Cl. The van der Waals surface area contributed by atoms with Crippen molar-refractivity contribution in [2.45, 2.75) is 0 Å². The first-order valence-corrected chi connectivity index (χ1v) is 4.64. The van der Waals surface area contributed by atoms with Gasteiger partial charge in [0.15, 0.2) is 5.96 Å². The van der Waals surface area contributed by atoms with Crippen molar-refractivity contribution >= 4 is 35.9 Å². The molecule has 98 valence electrons. The summed E-state index contributed by atoms with van der Waals surface area (Å²) < 4.78 is 0. The number of rotatable bonds is 3. The van der Waals surface area contributed by atoms with Crippen LogP contribution in [-0.2, 0) is 0 Å². The van der Waals surface area contributed by atoms with Crippen LogP contribution in [0.4, 0.5) is 5.69 Å². The Morgan fingerprint density at radius 1 is 1.33 bits per heavy atom. The second kappa shape index (κ2) is 6.45. The Labute approximate surface area is 109 Å². The molecule has 6 N–H and O–H groups in total. The first-order chi connectivity index (χ1) is 7.95. The second-order valence-electron chi connectivity index (χ2n) is 3.15. The van der Waals surface area contributed by atoms with Gasteiger partial charge in [-0.25, -0.2) is 9.79 Å². The minimum Gasteiger partial charge on any atom is -0.478 e. The molecule has 0 atom stereocenters. The van der Waals surface area contributed by atoms with Crippen LogP contribution >= 0.6 is 12.4 Å². The third-order valence-electron chi connectivity index (χ3n) is 1.97. The summed E-state index contributed by atoms with van der Waals surface area (Å²) in [6.07, 6.45) is 0. The van der Waals surface area contributed by atoms with Crippen LogP contribution in [-0.4, -0.2) is 30.0 Å². The summed E-state index contributed by atoms with van der Waals surface area (Å²) in [5.74, 6) is -1.78. The largest absolute Gasteiger partial charge is 0.478 e. The van der Waals surface area contributed by atoms with E-state index in [2.05, 4.69) is 10.3 Å². The fourth-order valence-corrected chi connectivity index (χ4v) is 1.22. The Balaban J connectivity index is 0.00000289.